The lowest BCUT2D eigenvalue weighted by Gasteiger charge is -2.16. The highest BCUT2D eigenvalue weighted by molar-refractivity contribution is 7.99. The lowest BCUT2D eigenvalue weighted by Crippen LogP contribution is -2.21. The van der Waals surface area contributed by atoms with Crippen molar-refractivity contribution < 1.29 is 4.74 Å². The van der Waals surface area contributed by atoms with E-state index in [2.05, 4.69) is 22.3 Å². The first kappa shape index (κ1) is 16.8. The Morgan fingerprint density at radius 1 is 1.15 bits per heavy atom. The molecule has 1 unspecified atom stereocenters. The fourth-order valence-electron chi connectivity index (χ4n) is 2.88. The van der Waals surface area contributed by atoms with Crippen LogP contribution in [-0.4, -0.2) is 33.4 Å². The van der Waals surface area contributed by atoms with Crippen LogP contribution in [0.5, 0.6) is 5.75 Å². The van der Waals surface area contributed by atoms with Crippen LogP contribution < -0.4 is 10.5 Å². The first-order valence-corrected chi connectivity index (χ1v) is 9.33. The van der Waals surface area contributed by atoms with Crippen molar-refractivity contribution in [1.29, 1.82) is 0 Å². The van der Waals surface area contributed by atoms with Crippen LogP contribution in [0.15, 0.2) is 64.9 Å². The molecule has 1 aromatic heterocycles. The Morgan fingerprint density at radius 3 is 2.81 bits per heavy atom. The quantitative estimate of drug-likeness (QED) is 0.752. The molecule has 0 radical (unpaired) electrons. The summed E-state index contributed by atoms with van der Waals surface area (Å²) in [5, 5.41) is 14.1. The first-order valence-electron chi connectivity index (χ1n) is 8.34. The number of aromatic nitrogens is 3. The van der Waals surface area contributed by atoms with Gasteiger partial charge in [0.15, 0.2) is 5.82 Å². The molecule has 1 aliphatic rings. The second-order valence-corrected chi connectivity index (χ2v) is 6.96. The van der Waals surface area contributed by atoms with Gasteiger partial charge in [0.2, 0.25) is 5.16 Å². The van der Waals surface area contributed by atoms with Gasteiger partial charge in [-0.3, -0.25) is 0 Å². The molecule has 1 atom stereocenters. The number of thioether (sulfide) groups is 1. The molecule has 0 aliphatic carbocycles. The third-order valence-corrected chi connectivity index (χ3v) is 5.16. The van der Waals surface area contributed by atoms with E-state index in [1.165, 1.54) is 0 Å². The zero-order valence-electron chi connectivity index (χ0n) is 14.4. The van der Waals surface area contributed by atoms with E-state index in [9.17, 15) is 0 Å². The molecule has 4 rings (SSSR count). The van der Waals surface area contributed by atoms with Gasteiger partial charge in [0.25, 0.3) is 0 Å². The van der Waals surface area contributed by atoms with Crippen LogP contribution >= 0.6 is 11.8 Å². The molecule has 1 aliphatic heterocycles. The van der Waals surface area contributed by atoms with Gasteiger partial charge >= 0.3 is 0 Å². The van der Waals surface area contributed by atoms with E-state index in [0.717, 1.165) is 33.5 Å². The zero-order chi connectivity index (χ0) is 17.9. The molecule has 2 aromatic carbocycles. The van der Waals surface area contributed by atoms with Gasteiger partial charge in [-0.25, -0.2) is 0 Å². The van der Waals surface area contributed by atoms with Gasteiger partial charge in [-0.1, -0.05) is 54.2 Å². The molecule has 0 saturated heterocycles. The van der Waals surface area contributed by atoms with E-state index in [4.69, 9.17) is 15.6 Å². The molecule has 26 heavy (non-hydrogen) atoms. The highest BCUT2D eigenvalue weighted by Crippen LogP contribution is 2.27. The number of methoxy groups -OCH3 is 1. The topological polar surface area (TPSA) is 78.3 Å². The van der Waals surface area contributed by atoms with Crippen molar-refractivity contribution in [2.75, 3.05) is 12.9 Å². The minimum Gasteiger partial charge on any atom is -0.497 e. The lowest BCUT2D eigenvalue weighted by molar-refractivity contribution is 0.414. The maximum Gasteiger partial charge on any atom is 0.212 e. The van der Waals surface area contributed by atoms with Crippen LogP contribution in [-0.2, 0) is 6.42 Å². The highest BCUT2D eigenvalue weighted by Gasteiger charge is 2.23. The van der Waals surface area contributed by atoms with Crippen molar-refractivity contribution in [3.05, 3.63) is 71.5 Å². The second kappa shape index (κ2) is 7.31. The van der Waals surface area contributed by atoms with Crippen molar-refractivity contribution >= 4 is 17.5 Å². The van der Waals surface area contributed by atoms with Crippen molar-refractivity contribution in [3.8, 4) is 5.75 Å². The summed E-state index contributed by atoms with van der Waals surface area (Å²) in [5.41, 5.74) is 9.55. The maximum atomic E-state index is 6.40. The van der Waals surface area contributed by atoms with Crippen LogP contribution in [0.3, 0.4) is 0 Å². The third kappa shape index (κ3) is 3.36. The summed E-state index contributed by atoms with van der Waals surface area (Å²) in [6.07, 6.45) is 0.688. The van der Waals surface area contributed by atoms with E-state index in [0.29, 0.717) is 12.2 Å². The van der Waals surface area contributed by atoms with Crippen LogP contribution in [0.4, 0.5) is 0 Å². The number of hydrogen-bond acceptors (Lipinski definition) is 6. The predicted molar refractivity (Wildman–Crippen MR) is 103 cm³/mol. The number of benzene rings is 2. The van der Waals surface area contributed by atoms with Crippen LogP contribution in [0.1, 0.15) is 23.0 Å². The van der Waals surface area contributed by atoms with E-state index < -0.39 is 0 Å². The summed E-state index contributed by atoms with van der Waals surface area (Å²) in [6.45, 7) is 0. The maximum absolute atomic E-state index is 6.40. The fourth-order valence-corrected chi connectivity index (χ4v) is 3.72. The van der Waals surface area contributed by atoms with Crippen LogP contribution in [0, 0.1) is 0 Å². The largest absolute Gasteiger partial charge is 0.497 e. The Balaban J connectivity index is 1.64. The zero-order valence-corrected chi connectivity index (χ0v) is 15.2. The standard InChI is InChI=1S/C19H19N5OS/c1-25-15-9-5-8-14(11-15)17-12-26-19-22-21-18(24(19)23-17)16(20)10-13-6-3-2-4-7-13/h2-9,11,16H,10,12,20H2,1H3. The van der Waals surface area contributed by atoms with Gasteiger partial charge in [-0.15, -0.1) is 10.2 Å². The Bertz CT molecular complexity index is 938. The SMILES string of the molecule is COc1cccc(C2=Nn3c(nnc3C(N)Cc3ccccc3)SC2)c1. The summed E-state index contributed by atoms with van der Waals surface area (Å²) in [7, 11) is 1.66. The second-order valence-electron chi connectivity index (χ2n) is 6.02. The molecular formula is C19H19N5OS. The Kier molecular flexibility index (Phi) is 4.73. The molecule has 2 heterocycles. The monoisotopic (exact) mass is 365 g/mol. The molecule has 0 fully saturated rings. The third-order valence-electron chi connectivity index (χ3n) is 4.23. The van der Waals surface area contributed by atoms with Crippen LogP contribution in [0.2, 0.25) is 0 Å². The van der Waals surface area contributed by atoms with Crippen LogP contribution in [0.25, 0.3) is 0 Å². The fraction of sp³-hybridized carbons (Fsp3) is 0.211. The number of ether oxygens (including phenoxy) is 1. The number of nitrogens with zero attached hydrogens (tertiary/aromatic N) is 4. The summed E-state index contributed by atoms with van der Waals surface area (Å²) in [5.74, 6) is 2.22. The number of nitrogens with two attached hydrogens (primary N) is 1. The van der Waals surface area contributed by atoms with Crippen molar-refractivity contribution in [2.24, 2.45) is 10.8 Å². The molecule has 0 amide bonds. The lowest BCUT2D eigenvalue weighted by atomic mass is 10.1. The van der Waals surface area contributed by atoms with Gasteiger partial charge in [-0.2, -0.15) is 9.78 Å². The van der Waals surface area contributed by atoms with Gasteiger partial charge < -0.3 is 10.5 Å². The smallest absolute Gasteiger partial charge is 0.212 e. The van der Waals surface area contributed by atoms with Gasteiger partial charge in [0.1, 0.15) is 5.75 Å². The van der Waals surface area contributed by atoms with Gasteiger partial charge in [-0.05, 0) is 24.1 Å². The summed E-state index contributed by atoms with van der Waals surface area (Å²) >= 11 is 1.61. The number of rotatable bonds is 5. The summed E-state index contributed by atoms with van der Waals surface area (Å²) in [4.78, 5) is 0. The normalized spacial score (nSPS) is 14.5. The van der Waals surface area contributed by atoms with Crippen molar-refractivity contribution in [1.82, 2.24) is 14.9 Å². The molecule has 132 valence electrons. The molecule has 6 nitrogen and oxygen atoms in total. The van der Waals surface area contributed by atoms with E-state index in [1.807, 2.05) is 42.5 Å². The van der Waals surface area contributed by atoms with Crippen molar-refractivity contribution in [3.63, 3.8) is 0 Å². The van der Waals surface area contributed by atoms with E-state index in [1.54, 1.807) is 23.5 Å². The first-order chi connectivity index (χ1) is 12.7. The summed E-state index contributed by atoms with van der Waals surface area (Å²) < 4.78 is 7.09. The molecule has 0 bridgehead atoms. The van der Waals surface area contributed by atoms with Gasteiger partial charge in [0, 0.05) is 11.3 Å². The van der Waals surface area contributed by atoms with E-state index >= 15 is 0 Å². The highest BCUT2D eigenvalue weighted by atomic mass is 32.2. The van der Waals surface area contributed by atoms with E-state index in [-0.39, 0.29) is 6.04 Å². The Labute approximate surface area is 156 Å². The minimum atomic E-state index is -0.271. The molecule has 0 spiro atoms. The number of fused-ring (bicyclic) bond motifs is 1. The van der Waals surface area contributed by atoms with Gasteiger partial charge in [0.05, 0.1) is 18.9 Å². The Hall–Kier alpha value is -2.64. The average molecular weight is 365 g/mol. The minimum absolute atomic E-state index is 0.271. The molecule has 0 saturated carbocycles. The average Bonchev–Trinajstić information content (AvgIpc) is 3.12. The number of hydrogen-bond donors (Lipinski definition) is 1. The molecule has 7 heteroatoms. The molecular weight excluding hydrogens is 346 g/mol. The molecule has 2 N–H and O–H groups in total. The predicted octanol–water partition coefficient (Wildman–Crippen LogP) is 2.89. The molecule has 3 aromatic rings. The summed E-state index contributed by atoms with van der Waals surface area (Å²) in [6, 6.07) is 17.8. The Morgan fingerprint density at radius 2 is 2.00 bits per heavy atom. The van der Waals surface area contributed by atoms with Crippen molar-refractivity contribution in [2.45, 2.75) is 17.6 Å².